The van der Waals surface area contributed by atoms with Gasteiger partial charge < -0.3 is 0 Å². The second kappa shape index (κ2) is 13.7. The lowest BCUT2D eigenvalue weighted by atomic mass is 9.95. The van der Waals surface area contributed by atoms with Gasteiger partial charge in [0.1, 0.15) is 5.82 Å². The van der Waals surface area contributed by atoms with Gasteiger partial charge >= 0.3 is 0 Å². The number of benzene rings is 5. The number of pyridine rings is 1. The summed E-state index contributed by atoms with van der Waals surface area (Å²) in [4.78, 5) is 4.61. The van der Waals surface area contributed by atoms with Crippen molar-refractivity contribution in [2.45, 2.75) is 52.9 Å². The zero-order valence-corrected chi connectivity index (χ0v) is 26.3. The van der Waals surface area contributed by atoms with Gasteiger partial charge in [-0.1, -0.05) is 105 Å². The number of hydrogen-bond acceptors (Lipinski definition) is 1. The van der Waals surface area contributed by atoms with Gasteiger partial charge in [0.05, 0.1) is 5.69 Å². The third-order valence-electron chi connectivity index (χ3n) is 8.46. The molecule has 0 fully saturated rings. The minimum atomic E-state index is -0.267. The molecule has 1 heterocycles. The summed E-state index contributed by atoms with van der Waals surface area (Å²) in [6, 6.07) is 37.3. The van der Waals surface area contributed by atoms with E-state index in [1.165, 1.54) is 35.1 Å². The first-order chi connectivity index (χ1) is 22.0. The Balaban J connectivity index is 1.19. The maximum absolute atomic E-state index is 15.5. The first-order valence-corrected chi connectivity index (χ1v) is 16.0. The van der Waals surface area contributed by atoms with Crippen LogP contribution in [-0.4, -0.2) is 4.98 Å². The third kappa shape index (κ3) is 7.05. The highest BCUT2D eigenvalue weighted by atomic mass is 19.1. The summed E-state index contributed by atoms with van der Waals surface area (Å²) in [7, 11) is 0. The van der Waals surface area contributed by atoms with Gasteiger partial charge in [0.25, 0.3) is 0 Å². The molecule has 0 N–H and O–H groups in total. The van der Waals surface area contributed by atoms with Crippen molar-refractivity contribution in [1.29, 1.82) is 0 Å². The van der Waals surface area contributed by atoms with Crippen LogP contribution in [0.3, 0.4) is 0 Å². The van der Waals surface area contributed by atoms with Gasteiger partial charge in [0.15, 0.2) is 0 Å². The van der Waals surface area contributed by atoms with E-state index < -0.39 is 0 Å². The quantitative estimate of drug-likeness (QED) is 0.161. The number of fused-ring (bicyclic) bond motifs is 1. The zero-order chi connectivity index (χ0) is 31.2. The molecule has 5 aromatic carbocycles. The van der Waals surface area contributed by atoms with Crippen LogP contribution in [0.5, 0.6) is 0 Å². The van der Waals surface area contributed by atoms with E-state index in [1.807, 2.05) is 49.5 Å². The van der Waals surface area contributed by atoms with Crippen molar-refractivity contribution in [3.63, 3.8) is 0 Å². The average molecular weight is 588 g/mol. The van der Waals surface area contributed by atoms with Crippen LogP contribution in [0.15, 0.2) is 115 Å². The van der Waals surface area contributed by atoms with Gasteiger partial charge in [-0.05, 0) is 113 Å². The molecule has 2 heteroatoms. The van der Waals surface area contributed by atoms with Crippen molar-refractivity contribution < 1.29 is 4.39 Å². The summed E-state index contributed by atoms with van der Waals surface area (Å²) in [6.45, 7) is 6.39. The second-order valence-corrected chi connectivity index (χ2v) is 11.9. The fourth-order valence-electron chi connectivity index (χ4n) is 5.77. The number of unbranched alkanes of at least 4 members (excludes halogenated alkanes) is 1. The Bertz CT molecular complexity index is 1990. The van der Waals surface area contributed by atoms with Crippen molar-refractivity contribution in [2.75, 3.05) is 0 Å². The lowest BCUT2D eigenvalue weighted by molar-refractivity contribution is 0.630. The van der Waals surface area contributed by atoms with Crippen LogP contribution in [0.4, 0.5) is 4.39 Å². The van der Waals surface area contributed by atoms with E-state index in [9.17, 15) is 0 Å². The molecule has 0 radical (unpaired) electrons. The van der Waals surface area contributed by atoms with Crippen molar-refractivity contribution in [1.82, 2.24) is 4.98 Å². The first kappa shape index (κ1) is 30.0. The SMILES string of the molecule is CCCCc1ccc(-c2ccc3cc(-c4cc(C)c(C#Cc5ccc(-c6ccc(CCC)cn6)cc5)cc4F)ccc3c2)cc1. The molecule has 0 aliphatic carbocycles. The summed E-state index contributed by atoms with van der Waals surface area (Å²) in [6.07, 6.45) is 7.66. The molecule has 0 unspecified atom stereocenters. The predicted octanol–water partition coefficient (Wildman–Crippen LogP) is 11.4. The van der Waals surface area contributed by atoms with Gasteiger partial charge in [-0.25, -0.2) is 4.39 Å². The van der Waals surface area contributed by atoms with Gasteiger partial charge in [-0.15, -0.1) is 0 Å². The standard InChI is InChI=1S/C43H38FN/c1-4-6-8-31-9-15-34(16-10-31)37-20-21-39-27-40(23-22-38(39)26-37)41-25-30(3)36(28-42(41)44)19-13-32-11-17-35(18-12-32)43-24-14-33(7-5-2)29-45-43/h9-12,14-18,20-29H,4-8H2,1-3H3. The van der Waals surface area contributed by atoms with Crippen molar-refractivity contribution in [2.24, 2.45) is 0 Å². The number of aryl methyl sites for hydroxylation is 3. The highest BCUT2D eigenvalue weighted by Gasteiger charge is 2.10. The van der Waals surface area contributed by atoms with Crippen LogP contribution in [0.25, 0.3) is 44.3 Å². The number of aromatic nitrogens is 1. The lowest BCUT2D eigenvalue weighted by Crippen LogP contribution is -1.91. The summed E-state index contributed by atoms with van der Waals surface area (Å²) < 4.78 is 15.5. The number of hydrogen-bond donors (Lipinski definition) is 0. The van der Waals surface area contributed by atoms with E-state index in [-0.39, 0.29) is 5.82 Å². The predicted molar refractivity (Wildman–Crippen MR) is 188 cm³/mol. The Kier molecular flexibility index (Phi) is 9.18. The van der Waals surface area contributed by atoms with Crippen LogP contribution in [0.2, 0.25) is 0 Å². The van der Waals surface area contributed by atoms with Crippen molar-refractivity contribution in [3.8, 4) is 45.4 Å². The normalized spacial score (nSPS) is 10.9. The maximum atomic E-state index is 15.5. The average Bonchev–Trinajstić information content (AvgIpc) is 3.08. The molecule has 6 aromatic rings. The molecule has 6 rings (SSSR count). The smallest absolute Gasteiger partial charge is 0.132 e. The summed E-state index contributed by atoms with van der Waals surface area (Å²) in [5, 5.41) is 2.23. The minimum Gasteiger partial charge on any atom is -0.256 e. The molecule has 0 atom stereocenters. The number of halogens is 1. The van der Waals surface area contributed by atoms with Gasteiger partial charge in [-0.2, -0.15) is 0 Å². The Morgan fingerprint density at radius 2 is 1.27 bits per heavy atom. The molecule has 0 aliphatic heterocycles. The van der Waals surface area contributed by atoms with Crippen molar-refractivity contribution >= 4 is 10.8 Å². The molecule has 45 heavy (non-hydrogen) atoms. The van der Waals surface area contributed by atoms with E-state index >= 15 is 4.39 Å². The van der Waals surface area contributed by atoms with Crippen LogP contribution < -0.4 is 0 Å². The fourth-order valence-corrected chi connectivity index (χ4v) is 5.77. The molecule has 222 valence electrons. The summed E-state index contributed by atoms with van der Waals surface area (Å²) >= 11 is 0. The van der Waals surface area contributed by atoms with Gasteiger partial charge in [0.2, 0.25) is 0 Å². The largest absolute Gasteiger partial charge is 0.256 e. The maximum Gasteiger partial charge on any atom is 0.132 e. The molecule has 0 saturated heterocycles. The second-order valence-electron chi connectivity index (χ2n) is 11.9. The fraction of sp³-hybridized carbons (Fsp3) is 0.186. The van der Waals surface area contributed by atoms with E-state index in [0.717, 1.165) is 58.0 Å². The monoisotopic (exact) mass is 587 g/mol. The van der Waals surface area contributed by atoms with Crippen LogP contribution in [-0.2, 0) is 12.8 Å². The van der Waals surface area contributed by atoms with E-state index in [1.54, 1.807) is 6.07 Å². The Labute approximate surface area is 266 Å². The minimum absolute atomic E-state index is 0.267. The molecular formula is C43H38FN. The first-order valence-electron chi connectivity index (χ1n) is 16.0. The van der Waals surface area contributed by atoms with Gasteiger partial charge in [0, 0.05) is 28.5 Å². The molecule has 1 aromatic heterocycles. The van der Waals surface area contributed by atoms with Crippen LogP contribution in [0, 0.1) is 24.6 Å². The topological polar surface area (TPSA) is 12.9 Å². The Morgan fingerprint density at radius 3 is 1.96 bits per heavy atom. The third-order valence-corrected chi connectivity index (χ3v) is 8.46. The summed E-state index contributed by atoms with van der Waals surface area (Å²) in [5.41, 5.74) is 11.0. The highest BCUT2D eigenvalue weighted by molar-refractivity contribution is 5.91. The zero-order valence-electron chi connectivity index (χ0n) is 26.3. The molecule has 0 spiro atoms. The highest BCUT2D eigenvalue weighted by Crippen LogP contribution is 2.31. The Hall–Kier alpha value is -5.00. The molecule has 0 amide bonds. The molecule has 1 nitrogen and oxygen atoms in total. The van der Waals surface area contributed by atoms with Crippen LogP contribution >= 0.6 is 0 Å². The number of nitrogens with zero attached hydrogens (tertiary/aromatic N) is 1. The molecule has 0 bridgehead atoms. The molecule has 0 aliphatic rings. The van der Waals surface area contributed by atoms with E-state index in [0.29, 0.717) is 11.1 Å². The Morgan fingerprint density at radius 1 is 0.600 bits per heavy atom. The lowest BCUT2D eigenvalue weighted by Gasteiger charge is -2.10. The van der Waals surface area contributed by atoms with E-state index in [4.69, 9.17) is 0 Å². The summed E-state index contributed by atoms with van der Waals surface area (Å²) in [5.74, 6) is 6.13. The van der Waals surface area contributed by atoms with Crippen LogP contribution in [0.1, 0.15) is 60.9 Å². The van der Waals surface area contributed by atoms with E-state index in [2.05, 4.69) is 97.4 Å². The van der Waals surface area contributed by atoms with Crippen molar-refractivity contribution in [3.05, 3.63) is 149 Å². The molecular weight excluding hydrogens is 549 g/mol. The number of rotatable bonds is 8. The van der Waals surface area contributed by atoms with Gasteiger partial charge in [-0.3, -0.25) is 4.98 Å². The molecule has 0 saturated carbocycles.